The summed E-state index contributed by atoms with van der Waals surface area (Å²) in [6.07, 6.45) is 1.66. The zero-order valence-corrected chi connectivity index (χ0v) is 15.3. The minimum absolute atomic E-state index is 0.110. The molecule has 0 saturated heterocycles. The SMILES string of the molecule is Cc1ccc(CSC2=NN(C)c3cnn(C)c(=O)c3S2)c(Cl)c1. The Balaban J connectivity index is 1.80. The van der Waals surface area contributed by atoms with Crippen LogP contribution in [-0.4, -0.2) is 21.2 Å². The zero-order valence-electron chi connectivity index (χ0n) is 12.9. The van der Waals surface area contributed by atoms with E-state index >= 15 is 0 Å². The van der Waals surface area contributed by atoms with E-state index in [9.17, 15) is 4.79 Å². The molecule has 0 unspecified atom stereocenters. The van der Waals surface area contributed by atoms with Crippen LogP contribution in [-0.2, 0) is 12.8 Å². The summed E-state index contributed by atoms with van der Waals surface area (Å²) in [7, 11) is 3.47. The van der Waals surface area contributed by atoms with Gasteiger partial charge >= 0.3 is 0 Å². The maximum absolute atomic E-state index is 12.2. The van der Waals surface area contributed by atoms with Crippen molar-refractivity contribution in [3.05, 3.63) is 50.9 Å². The number of aromatic nitrogens is 2. The fourth-order valence-electron chi connectivity index (χ4n) is 2.09. The molecular weight excluding hydrogens is 352 g/mol. The van der Waals surface area contributed by atoms with Gasteiger partial charge in [0.15, 0.2) is 4.38 Å². The van der Waals surface area contributed by atoms with Crippen molar-refractivity contribution in [2.24, 2.45) is 12.1 Å². The molecule has 0 N–H and O–H groups in total. The molecule has 1 aliphatic rings. The first-order chi connectivity index (χ1) is 11.0. The molecule has 0 saturated carbocycles. The molecule has 1 aromatic heterocycles. The Morgan fingerprint density at radius 3 is 2.87 bits per heavy atom. The van der Waals surface area contributed by atoms with E-state index in [-0.39, 0.29) is 5.56 Å². The number of hydrogen-bond donors (Lipinski definition) is 0. The smallest absolute Gasteiger partial charge is 0.266 e. The summed E-state index contributed by atoms with van der Waals surface area (Å²) in [6, 6.07) is 6.02. The van der Waals surface area contributed by atoms with E-state index in [1.54, 1.807) is 30.0 Å². The molecule has 8 heteroatoms. The highest BCUT2D eigenvalue weighted by Gasteiger charge is 2.22. The summed E-state index contributed by atoms with van der Waals surface area (Å²) in [5, 5.41) is 11.0. The van der Waals surface area contributed by atoms with Crippen molar-refractivity contribution in [3.63, 3.8) is 0 Å². The van der Waals surface area contributed by atoms with Crippen LogP contribution < -0.4 is 10.6 Å². The van der Waals surface area contributed by atoms with E-state index < -0.39 is 0 Å². The zero-order chi connectivity index (χ0) is 16.6. The van der Waals surface area contributed by atoms with Gasteiger partial charge in [-0.1, -0.05) is 47.3 Å². The van der Waals surface area contributed by atoms with Gasteiger partial charge in [0.05, 0.1) is 11.9 Å². The highest BCUT2D eigenvalue weighted by molar-refractivity contribution is 8.38. The van der Waals surface area contributed by atoms with Crippen molar-refractivity contribution in [3.8, 4) is 0 Å². The first-order valence-electron chi connectivity index (χ1n) is 6.90. The molecule has 0 spiro atoms. The molecule has 1 aliphatic heterocycles. The lowest BCUT2D eigenvalue weighted by Crippen LogP contribution is -2.27. The van der Waals surface area contributed by atoms with Crippen LogP contribution in [0.2, 0.25) is 5.02 Å². The number of rotatable bonds is 2. The summed E-state index contributed by atoms with van der Waals surface area (Å²) in [4.78, 5) is 12.9. The molecule has 1 aromatic carbocycles. The number of hydrogen-bond acceptors (Lipinski definition) is 6. The van der Waals surface area contributed by atoms with Crippen molar-refractivity contribution in [1.29, 1.82) is 0 Å². The van der Waals surface area contributed by atoms with E-state index in [0.717, 1.165) is 26.2 Å². The number of nitrogens with zero attached hydrogens (tertiary/aromatic N) is 4. The van der Waals surface area contributed by atoms with Gasteiger partial charge in [-0.3, -0.25) is 9.80 Å². The lowest BCUT2D eigenvalue weighted by atomic mass is 10.2. The lowest BCUT2D eigenvalue weighted by molar-refractivity contribution is 0.684. The average Bonchev–Trinajstić information content (AvgIpc) is 2.50. The Bertz CT molecular complexity index is 850. The highest BCUT2D eigenvalue weighted by Crippen LogP contribution is 2.36. The van der Waals surface area contributed by atoms with Crippen LogP contribution in [0, 0.1) is 6.92 Å². The molecule has 3 rings (SSSR count). The molecule has 5 nitrogen and oxygen atoms in total. The fraction of sp³-hybridized carbons (Fsp3) is 0.267. The van der Waals surface area contributed by atoms with Crippen molar-refractivity contribution in [2.45, 2.75) is 17.6 Å². The van der Waals surface area contributed by atoms with Crippen molar-refractivity contribution in [1.82, 2.24) is 9.78 Å². The maximum Gasteiger partial charge on any atom is 0.282 e. The highest BCUT2D eigenvalue weighted by atomic mass is 35.5. The molecule has 0 bridgehead atoms. The van der Waals surface area contributed by atoms with Crippen LogP contribution in [0.25, 0.3) is 0 Å². The number of thioether (sulfide) groups is 2. The topological polar surface area (TPSA) is 50.5 Å². The molecule has 2 heterocycles. The number of halogens is 1. The van der Waals surface area contributed by atoms with Gasteiger partial charge in [-0.15, -0.1) is 0 Å². The Hall–Kier alpha value is -1.44. The molecule has 2 aromatic rings. The molecule has 0 fully saturated rings. The van der Waals surface area contributed by atoms with Crippen molar-refractivity contribution < 1.29 is 0 Å². The van der Waals surface area contributed by atoms with E-state index in [0.29, 0.717) is 10.6 Å². The van der Waals surface area contributed by atoms with Crippen LogP contribution >= 0.6 is 35.1 Å². The summed E-state index contributed by atoms with van der Waals surface area (Å²) in [6.45, 7) is 2.01. The van der Waals surface area contributed by atoms with Gasteiger partial charge in [0.25, 0.3) is 5.56 Å². The summed E-state index contributed by atoms with van der Waals surface area (Å²) in [5.41, 5.74) is 2.82. The van der Waals surface area contributed by atoms with E-state index in [2.05, 4.69) is 10.2 Å². The Morgan fingerprint density at radius 1 is 1.35 bits per heavy atom. The average molecular weight is 367 g/mol. The molecule has 0 amide bonds. The van der Waals surface area contributed by atoms with Gasteiger partial charge in [0, 0.05) is 24.9 Å². The van der Waals surface area contributed by atoms with Gasteiger partial charge in [-0.05, 0) is 24.1 Å². The monoisotopic (exact) mass is 366 g/mol. The number of hydrazone groups is 1. The Kier molecular flexibility index (Phi) is 4.70. The second kappa shape index (κ2) is 6.59. The summed E-state index contributed by atoms with van der Waals surface area (Å²) >= 11 is 9.23. The molecular formula is C15H15ClN4OS2. The van der Waals surface area contributed by atoms with Crippen molar-refractivity contribution in [2.75, 3.05) is 12.1 Å². The van der Waals surface area contributed by atoms with Gasteiger partial charge in [0.1, 0.15) is 4.90 Å². The molecule has 23 heavy (non-hydrogen) atoms. The normalized spacial score (nSPS) is 13.7. The van der Waals surface area contributed by atoms with Gasteiger partial charge < -0.3 is 0 Å². The minimum atomic E-state index is -0.110. The number of anilines is 1. The molecule has 120 valence electrons. The van der Waals surface area contributed by atoms with E-state index in [1.165, 1.54) is 16.4 Å². The standard InChI is InChI=1S/C15H15ClN4OS2/c1-9-4-5-10(11(16)6-9)8-22-15-18-19(2)12-7-17-20(3)14(21)13(12)23-15/h4-7H,8H2,1-3H3. The summed E-state index contributed by atoms with van der Waals surface area (Å²) < 4.78 is 2.16. The molecule has 0 aliphatic carbocycles. The van der Waals surface area contributed by atoms with Crippen LogP contribution in [0.15, 0.2) is 39.2 Å². The van der Waals surface area contributed by atoms with E-state index in [1.807, 2.05) is 32.2 Å². The third-order valence-corrected chi connectivity index (χ3v) is 5.99. The van der Waals surface area contributed by atoms with Crippen LogP contribution in [0.4, 0.5) is 5.69 Å². The predicted octanol–water partition coefficient (Wildman–Crippen LogP) is 3.49. The first-order valence-corrected chi connectivity index (χ1v) is 9.08. The minimum Gasteiger partial charge on any atom is -0.266 e. The summed E-state index contributed by atoms with van der Waals surface area (Å²) in [5.74, 6) is 0.708. The second-order valence-corrected chi connectivity index (χ2v) is 7.79. The number of fused-ring (bicyclic) bond motifs is 1. The fourth-order valence-corrected chi connectivity index (χ4v) is 4.69. The predicted molar refractivity (Wildman–Crippen MR) is 98.7 cm³/mol. The quantitative estimate of drug-likeness (QED) is 0.814. The van der Waals surface area contributed by atoms with Crippen molar-refractivity contribution >= 4 is 45.2 Å². The number of aryl methyl sites for hydroxylation is 2. The Labute approximate surface area is 147 Å². The van der Waals surface area contributed by atoms with Gasteiger partial charge in [-0.25, -0.2) is 4.68 Å². The van der Waals surface area contributed by atoms with Gasteiger partial charge in [0.2, 0.25) is 0 Å². The van der Waals surface area contributed by atoms with Crippen LogP contribution in [0.1, 0.15) is 11.1 Å². The molecule has 0 atom stereocenters. The van der Waals surface area contributed by atoms with Crippen LogP contribution in [0.3, 0.4) is 0 Å². The second-order valence-electron chi connectivity index (χ2n) is 5.16. The third kappa shape index (κ3) is 3.41. The van der Waals surface area contributed by atoms with Crippen LogP contribution in [0.5, 0.6) is 0 Å². The third-order valence-electron chi connectivity index (χ3n) is 3.40. The van der Waals surface area contributed by atoms with Gasteiger partial charge in [-0.2, -0.15) is 10.2 Å². The Morgan fingerprint density at radius 2 is 2.13 bits per heavy atom. The van der Waals surface area contributed by atoms with E-state index in [4.69, 9.17) is 11.6 Å². The maximum atomic E-state index is 12.2. The number of benzene rings is 1. The molecule has 0 radical (unpaired) electrons. The largest absolute Gasteiger partial charge is 0.282 e. The first kappa shape index (κ1) is 16.4. The lowest BCUT2D eigenvalue weighted by Gasteiger charge is -2.22.